The highest BCUT2D eigenvalue weighted by Gasteiger charge is 2.42. The minimum Gasteiger partial charge on any atom is -0.481 e. The Labute approximate surface area is 148 Å². The number of likely N-dealkylation sites (tertiary alicyclic amines) is 1. The van der Waals surface area contributed by atoms with Crippen molar-refractivity contribution in [3.63, 3.8) is 0 Å². The van der Waals surface area contributed by atoms with E-state index in [0.717, 1.165) is 5.56 Å². The minimum absolute atomic E-state index is 0.00321. The lowest BCUT2D eigenvalue weighted by Crippen LogP contribution is -2.44. The zero-order valence-corrected chi connectivity index (χ0v) is 15.2. The number of urea groups is 1. The van der Waals surface area contributed by atoms with E-state index in [-0.39, 0.29) is 25.1 Å². The van der Waals surface area contributed by atoms with E-state index < -0.39 is 16.8 Å². The second-order valence-corrected chi connectivity index (χ2v) is 7.83. The number of carboxylic acids is 1. The first-order chi connectivity index (χ1) is 11.7. The Morgan fingerprint density at radius 2 is 1.96 bits per heavy atom. The van der Waals surface area contributed by atoms with Crippen LogP contribution in [0, 0.1) is 10.8 Å². The maximum Gasteiger partial charge on any atom is 0.317 e. The lowest BCUT2D eigenvalue weighted by atomic mass is 9.75. The molecule has 25 heavy (non-hydrogen) atoms. The fourth-order valence-corrected chi connectivity index (χ4v) is 3.25. The van der Waals surface area contributed by atoms with Crippen LogP contribution in [0.4, 0.5) is 4.79 Å². The summed E-state index contributed by atoms with van der Waals surface area (Å²) in [6.07, 6.45) is 0.458. The molecule has 0 spiro atoms. The van der Waals surface area contributed by atoms with Crippen LogP contribution in [0.5, 0.6) is 0 Å². The molecule has 6 nitrogen and oxygen atoms in total. The predicted molar refractivity (Wildman–Crippen MR) is 95.4 cm³/mol. The van der Waals surface area contributed by atoms with Gasteiger partial charge in [-0.15, -0.1) is 0 Å². The highest BCUT2D eigenvalue weighted by Crippen LogP contribution is 2.35. The number of aliphatic hydroxyl groups excluding tert-OH is 1. The molecule has 1 fully saturated rings. The van der Waals surface area contributed by atoms with E-state index in [9.17, 15) is 19.8 Å². The number of hydrogen-bond donors (Lipinski definition) is 3. The molecule has 1 aromatic rings. The Morgan fingerprint density at radius 3 is 2.48 bits per heavy atom. The number of carbonyl (C=O) groups excluding carboxylic acids is 1. The summed E-state index contributed by atoms with van der Waals surface area (Å²) in [6, 6.07) is 9.55. The summed E-state index contributed by atoms with van der Waals surface area (Å²) in [4.78, 5) is 25.4. The fourth-order valence-electron chi connectivity index (χ4n) is 3.25. The van der Waals surface area contributed by atoms with E-state index >= 15 is 0 Å². The van der Waals surface area contributed by atoms with E-state index in [2.05, 4.69) is 5.32 Å². The van der Waals surface area contributed by atoms with Crippen LogP contribution in [0.1, 0.15) is 38.7 Å². The monoisotopic (exact) mass is 348 g/mol. The number of aliphatic carboxylic acids is 1. The number of amides is 2. The molecule has 138 valence electrons. The molecule has 0 radical (unpaired) electrons. The van der Waals surface area contributed by atoms with E-state index in [4.69, 9.17) is 0 Å². The van der Waals surface area contributed by atoms with E-state index in [1.54, 1.807) is 11.8 Å². The number of carboxylic acid groups (broad SMARTS) is 1. The van der Waals surface area contributed by atoms with Crippen LogP contribution in [-0.4, -0.2) is 53.4 Å². The lowest BCUT2D eigenvalue weighted by molar-refractivity contribution is -0.147. The number of nitrogens with zero attached hydrogens (tertiary/aromatic N) is 1. The van der Waals surface area contributed by atoms with Crippen molar-refractivity contribution < 1.29 is 19.8 Å². The number of nitrogens with one attached hydrogen (secondary N) is 1. The Balaban J connectivity index is 2.04. The van der Waals surface area contributed by atoms with Gasteiger partial charge in [-0.1, -0.05) is 44.2 Å². The van der Waals surface area contributed by atoms with Crippen LogP contribution in [0.2, 0.25) is 0 Å². The van der Waals surface area contributed by atoms with Gasteiger partial charge in [0, 0.05) is 32.2 Å². The van der Waals surface area contributed by atoms with Crippen molar-refractivity contribution in [1.29, 1.82) is 0 Å². The molecular weight excluding hydrogens is 320 g/mol. The first kappa shape index (κ1) is 19.2. The Bertz CT molecular complexity index is 617. The molecule has 2 unspecified atom stereocenters. The van der Waals surface area contributed by atoms with Crippen LogP contribution in [-0.2, 0) is 4.79 Å². The quantitative estimate of drug-likeness (QED) is 0.736. The van der Waals surface area contributed by atoms with Crippen molar-refractivity contribution in [2.75, 3.05) is 26.2 Å². The highest BCUT2D eigenvalue weighted by atomic mass is 16.4. The van der Waals surface area contributed by atoms with Crippen molar-refractivity contribution in [1.82, 2.24) is 10.2 Å². The zero-order valence-electron chi connectivity index (χ0n) is 15.2. The second-order valence-electron chi connectivity index (χ2n) is 7.83. The van der Waals surface area contributed by atoms with Gasteiger partial charge in [0.15, 0.2) is 0 Å². The predicted octanol–water partition coefficient (Wildman–Crippen LogP) is 2.29. The molecule has 1 aromatic carbocycles. The third kappa shape index (κ3) is 4.31. The van der Waals surface area contributed by atoms with Crippen LogP contribution >= 0.6 is 0 Å². The Morgan fingerprint density at radius 1 is 1.32 bits per heavy atom. The van der Waals surface area contributed by atoms with Gasteiger partial charge in [-0.05, 0) is 24.3 Å². The van der Waals surface area contributed by atoms with Gasteiger partial charge in [-0.3, -0.25) is 4.79 Å². The number of hydrogen-bond acceptors (Lipinski definition) is 3. The summed E-state index contributed by atoms with van der Waals surface area (Å²) in [6.45, 7) is 6.65. The molecule has 2 amide bonds. The first-order valence-electron chi connectivity index (χ1n) is 8.61. The number of benzene rings is 1. The van der Waals surface area contributed by atoms with Crippen LogP contribution < -0.4 is 5.32 Å². The maximum absolute atomic E-state index is 12.5. The number of aliphatic hydroxyl groups is 1. The summed E-state index contributed by atoms with van der Waals surface area (Å²) in [7, 11) is 0. The van der Waals surface area contributed by atoms with E-state index in [0.29, 0.717) is 19.5 Å². The molecule has 1 aliphatic rings. The second kappa shape index (κ2) is 7.44. The topological polar surface area (TPSA) is 89.9 Å². The van der Waals surface area contributed by atoms with Gasteiger partial charge in [0.1, 0.15) is 0 Å². The third-order valence-electron chi connectivity index (χ3n) is 5.29. The van der Waals surface area contributed by atoms with Gasteiger partial charge in [0.25, 0.3) is 0 Å². The van der Waals surface area contributed by atoms with E-state index in [1.165, 1.54) is 0 Å². The fraction of sp³-hybridized carbons (Fsp3) is 0.579. The van der Waals surface area contributed by atoms with Crippen molar-refractivity contribution >= 4 is 12.0 Å². The van der Waals surface area contributed by atoms with Gasteiger partial charge in [0.05, 0.1) is 5.41 Å². The van der Waals surface area contributed by atoms with Crippen LogP contribution in [0.25, 0.3) is 0 Å². The molecule has 0 aromatic heterocycles. The molecule has 1 saturated heterocycles. The summed E-state index contributed by atoms with van der Waals surface area (Å²) in [5, 5.41) is 22.0. The van der Waals surface area contributed by atoms with Gasteiger partial charge in [0.2, 0.25) is 0 Å². The van der Waals surface area contributed by atoms with Gasteiger partial charge >= 0.3 is 12.0 Å². The number of carbonyl (C=O) groups is 2. The molecule has 1 heterocycles. The smallest absolute Gasteiger partial charge is 0.317 e. The summed E-state index contributed by atoms with van der Waals surface area (Å²) >= 11 is 0. The molecule has 3 N–H and O–H groups in total. The molecule has 1 aliphatic heterocycles. The zero-order chi connectivity index (χ0) is 18.7. The summed E-state index contributed by atoms with van der Waals surface area (Å²) in [5.41, 5.74) is -0.214. The minimum atomic E-state index is -0.874. The molecule has 0 saturated carbocycles. The molecule has 2 rings (SSSR count). The van der Waals surface area contributed by atoms with Crippen LogP contribution in [0.15, 0.2) is 30.3 Å². The Kier molecular flexibility index (Phi) is 5.72. The third-order valence-corrected chi connectivity index (χ3v) is 5.29. The maximum atomic E-state index is 12.5. The van der Waals surface area contributed by atoms with Gasteiger partial charge in [-0.2, -0.15) is 0 Å². The SMILES string of the molecule is CC1(C(=O)O)CCN(C(=O)NCC(c2ccccc2)C(C)(C)CO)C1. The average Bonchev–Trinajstić information content (AvgIpc) is 2.99. The lowest BCUT2D eigenvalue weighted by Gasteiger charge is -2.34. The molecule has 6 heteroatoms. The molecular formula is C19H28N2O4. The van der Waals surface area contributed by atoms with Crippen molar-refractivity contribution in [2.24, 2.45) is 10.8 Å². The standard InChI is InChI=1S/C19H28N2O4/c1-18(2,13-22)15(14-7-5-4-6-8-14)11-20-17(25)21-10-9-19(3,12-21)16(23)24/h4-8,15,22H,9-13H2,1-3H3,(H,20,25)(H,23,24). The van der Waals surface area contributed by atoms with Crippen molar-refractivity contribution in [3.05, 3.63) is 35.9 Å². The van der Waals surface area contributed by atoms with E-state index in [1.807, 2.05) is 44.2 Å². The van der Waals surface area contributed by atoms with Gasteiger partial charge in [-0.25, -0.2) is 4.79 Å². The van der Waals surface area contributed by atoms with Gasteiger partial charge < -0.3 is 20.4 Å². The highest BCUT2D eigenvalue weighted by molar-refractivity contribution is 5.79. The molecule has 0 aliphatic carbocycles. The molecule has 2 atom stereocenters. The normalized spacial score (nSPS) is 21.8. The van der Waals surface area contributed by atoms with Crippen LogP contribution in [0.3, 0.4) is 0 Å². The summed E-state index contributed by atoms with van der Waals surface area (Å²) in [5.74, 6) is -0.914. The van der Waals surface area contributed by atoms with Crippen molar-refractivity contribution in [2.45, 2.75) is 33.1 Å². The summed E-state index contributed by atoms with van der Waals surface area (Å²) < 4.78 is 0. The number of rotatable bonds is 6. The first-order valence-corrected chi connectivity index (χ1v) is 8.61. The average molecular weight is 348 g/mol. The largest absolute Gasteiger partial charge is 0.481 e. The molecule has 0 bridgehead atoms. The van der Waals surface area contributed by atoms with Crippen molar-refractivity contribution in [3.8, 4) is 0 Å². The Hall–Kier alpha value is -2.08.